The predicted molar refractivity (Wildman–Crippen MR) is 142 cm³/mol. The summed E-state index contributed by atoms with van der Waals surface area (Å²) in [6.45, 7) is 5.52. The fourth-order valence-corrected chi connectivity index (χ4v) is 5.84. The number of aromatic nitrogens is 4. The number of amides is 2. The Bertz CT molecular complexity index is 1320. The third-order valence-electron chi connectivity index (χ3n) is 7.93. The number of benzene rings is 1. The summed E-state index contributed by atoms with van der Waals surface area (Å²) in [4.78, 5) is 36.0. The second kappa shape index (κ2) is 10.2. The van der Waals surface area contributed by atoms with Gasteiger partial charge in [0.2, 0.25) is 0 Å². The molecule has 0 aliphatic carbocycles. The number of hydrogen-bond acceptors (Lipinski definition) is 8. The lowest BCUT2D eigenvalue weighted by atomic mass is 10.0. The normalized spacial score (nSPS) is 19.4. The first-order valence-corrected chi connectivity index (χ1v) is 13.3. The second-order valence-corrected chi connectivity index (χ2v) is 10.3. The Morgan fingerprint density at radius 3 is 2.76 bits per heavy atom. The standard InChI is InChI=1S/C27H34N8O3/c1-17-30-22-8-11-34(15-24(22)31-17)26(36)23-14-25(29-16-28-23)33-9-6-19(7-10-33)35-12-5-18-13-20(38-2)3-4-21(18)32-27(35)37/h3-4,13-14,16,19,26,36H,5-12,15H2,1-2H3,(H,30,31)(H,32,37). The quantitative estimate of drug-likeness (QED) is 0.471. The number of fused-ring (bicyclic) bond motifs is 2. The van der Waals surface area contributed by atoms with Crippen LogP contribution in [0.3, 0.4) is 0 Å². The summed E-state index contributed by atoms with van der Waals surface area (Å²) in [6.07, 6.45) is 4.00. The Kier molecular flexibility index (Phi) is 6.62. The molecular formula is C27H34N8O3. The van der Waals surface area contributed by atoms with Gasteiger partial charge >= 0.3 is 6.03 Å². The molecule has 200 valence electrons. The first kappa shape index (κ1) is 24.6. The molecule has 2 aromatic heterocycles. The Morgan fingerprint density at radius 2 is 1.95 bits per heavy atom. The third-order valence-corrected chi connectivity index (χ3v) is 7.93. The van der Waals surface area contributed by atoms with Gasteiger partial charge in [-0.1, -0.05) is 0 Å². The summed E-state index contributed by atoms with van der Waals surface area (Å²) in [5.74, 6) is 2.51. The zero-order valence-electron chi connectivity index (χ0n) is 21.9. The lowest BCUT2D eigenvalue weighted by Gasteiger charge is -2.38. The van der Waals surface area contributed by atoms with Crippen LogP contribution in [0.4, 0.5) is 16.3 Å². The number of nitrogens with zero attached hydrogens (tertiary/aromatic N) is 6. The molecule has 3 aliphatic heterocycles. The van der Waals surface area contributed by atoms with Crippen molar-refractivity contribution >= 4 is 17.5 Å². The molecule has 1 fully saturated rings. The van der Waals surface area contributed by atoms with Gasteiger partial charge in [-0.15, -0.1) is 0 Å². The highest BCUT2D eigenvalue weighted by atomic mass is 16.5. The van der Waals surface area contributed by atoms with E-state index >= 15 is 0 Å². The minimum atomic E-state index is -0.813. The fourth-order valence-electron chi connectivity index (χ4n) is 5.84. The van der Waals surface area contributed by atoms with Crippen LogP contribution >= 0.6 is 0 Å². The van der Waals surface area contributed by atoms with Crippen molar-refractivity contribution in [2.24, 2.45) is 0 Å². The van der Waals surface area contributed by atoms with Crippen molar-refractivity contribution in [3.63, 3.8) is 0 Å². The van der Waals surface area contributed by atoms with Gasteiger partial charge in [-0.25, -0.2) is 19.7 Å². The van der Waals surface area contributed by atoms with Gasteiger partial charge in [-0.3, -0.25) is 4.90 Å². The number of hydrogen-bond donors (Lipinski definition) is 3. The van der Waals surface area contributed by atoms with Crippen LogP contribution in [0.5, 0.6) is 5.75 Å². The van der Waals surface area contributed by atoms with E-state index in [1.54, 1.807) is 7.11 Å². The summed E-state index contributed by atoms with van der Waals surface area (Å²) < 4.78 is 5.35. The number of piperidine rings is 1. The number of aromatic amines is 1. The Balaban J connectivity index is 1.08. The summed E-state index contributed by atoms with van der Waals surface area (Å²) in [5, 5.41) is 14.2. The van der Waals surface area contributed by atoms with E-state index in [2.05, 4.69) is 30.2 Å². The van der Waals surface area contributed by atoms with Crippen LogP contribution in [0.25, 0.3) is 0 Å². The molecule has 1 atom stereocenters. The highest BCUT2D eigenvalue weighted by Gasteiger charge is 2.31. The van der Waals surface area contributed by atoms with Crippen LogP contribution in [0.1, 0.15) is 47.5 Å². The van der Waals surface area contributed by atoms with Crippen molar-refractivity contribution < 1.29 is 14.6 Å². The van der Waals surface area contributed by atoms with Gasteiger partial charge in [0, 0.05) is 56.9 Å². The van der Waals surface area contributed by atoms with Crippen LogP contribution < -0.4 is 15.0 Å². The smallest absolute Gasteiger partial charge is 0.322 e. The zero-order chi connectivity index (χ0) is 26.2. The van der Waals surface area contributed by atoms with E-state index in [-0.39, 0.29) is 12.1 Å². The van der Waals surface area contributed by atoms with Gasteiger partial charge in [0.1, 0.15) is 23.7 Å². The molecule has 2 amide bonds. The Hall–Kier alpha value is -3.70. The van der Waals surface area contributed by atoms with Crippen molar-refractivity contribution in [1.29, 1.82) is 0 Å². The molecule has 3 aromatic rings. The van der Waals surface area contributed by atoms with Crippen molar-refractivity contribution in [3.8, 4) is 5.75 Å². The molecule has 0 saturated carbocycles. The molecule has 0 bridgehead atoms. The van der Waals surface area contributed by atoms with E-state index in [1.165, 1.54) is 6.33 Å². The van der Waals surface area contributed by atoms with E-state index in [0.29, 0.717) is 18.8 Å². The molecule has 0 spiro atoms. The van der Waals surface area contributed by atoms with Gasteiger partial charge in [0.05, 0.1) is 24.2 Å². The highest BCUT2D eigenvalue weighted by molar-refractivity contribution is 5.91. The van der Waals surface area contributed by atoms with Crippen molar-refractivity contribution in [2.45, 2.75) is 51.4 Å². The number of H-pyrrole nitrogens is 1. The average Bonchev–Trinajstić information content (AvgIpc) is 3.24. The number of aliphatic hydroxyl groups excluding tert-OH is 1. The first-order valence-electron chi connectivity index (χ1n) is 13.3. The number of imidazole rings is 1. The van der Waals surface area contributed by atoms with Gasteiger partial charge in [-0.05, 0) is 49.9 Å². The van der Waals surface area contributed by atoms with E-state index in [1.807, 2.05) is 41.0 Å². The van der Waals surface area contributed by atoms with Gasteiger partial charge in [0.25, 0.3) is 0 Å². The van der Waals surface area contributed by atoms with Crippen LogP contribution in [0.2, 0.25) is 0 Å². The maximum Gasteiger partial charge on any atom is 0.322 e. The largest absolute Gasteiger partial charge is 0.497 e. The van der Waals surface area contributed by atoms with Gasteiger partial charge < -0.3 is 29.9 Å². The molecule has 1 saturated heterocycles. The lowest BCUT2D eigenvalue weighted by Crippen LogP contribution is -2.49. The fraction of sp³-hybridized carbons (Fsp3) is 0.481. The van der Waals surface area contributed by atoms with Crippen molar-refractivity contribution in [3.05, 3.63) is 59.1 Å². The maximum absolute atomic E-state index is 13.0. The Labute approximate surface area is 221 Å². The summed E-state index contributed by atoms with van der Waals surface area (Å²) in [7, 11) is 1.66. The molecule has 3 N–H and O–H groups in total. The molecule has 6 rings (SSSR count). The lowest BCUT2D eigenvalue weighted by molar-refractivity contribution is -0.0120. The van der Waals surface area contributed by atoms with Crippen LogP contribution in [0.15, 0.2) is 30.6 Å². The topological polar surface area (TPSA) is 123 Å². The molecule has 1 unspecified atom stereocenters. The molecular weight excluding hydrogens is 484 g/mol. The van der Waals surface area contributed by atoms with Gasteiger partial charge in [0.15, 0.2) is 6.23 Å². The summed E-state index contributed by atoms with van der Waals surface area (Å²) >= 11 is 0. The average molecular weight is 519 g/mol. The third kappa shape index (κ3) is 4.79. The van der Waals surface area contributed by atoms with E-state index in [4.69, 9.17) is 4.74 Å². The van der Waals surface area contributed by atoms with Crippen LogP contribution in [0, 0.1) is 6.92 Å². The monoisotopic (exact) mass is 518 g/mol. The highest BCUT2D eigenvalue weighted by Crippen LogP contribution is 2.30. The van der Waals surface area contributed by atoms with E-state index < -0.39 is 6.23 Å². The predicted octanol–water partition coefficient (Wildman–Crippen LogP) is 2.62. The number of anilines is 2. The molecule has 11 heteroatoms. The maximum atomic E-state index is 13.0. The number of rotatable bonds is 5. The number of ether oxygens (including phenoxy) is 1. The molecule has 0 radical (unpaired) electrons. The molecule has 5 heterocycles. The SMILES string of the molecule is COc1ccc2c(c1)CCN(C1CCN(c3cc(C(O)N4CCc5nc(C)[nH]c5C4)ncn3)CC1)C(=O)N2. The zero-order valence-corrected chi connectivity index (χ0v) is 21.9. The van der Waals surface area contributed by atoms with Crippen molar-refractivity contribution in [1.82, 2.24) is 29.7 Å². The number of carbonyl (C=O) groups excluding carboxylic acids is 1. The number of aryl methyl sites for hydroxylation is 1. The number of nitrogens with one attached hydrogen (secondary N) is 2. The number of aliphatic hydroxyl groups is 1. The number of urea groups is 1. The van der Waals surface area contributed by atoms with E-state index in [0.717, 1.165) is 85.3 Å². The van der Waals surface area contributed by atoms with Gasteiger partial charge in [-0.2, -0.15) is 0 Å². The summed E-state index contributed by atoms with van der Waals surface area (Å²) in [5.41, 5.74) is 4.69. The number of methoxy groups -OCH3 is 1. The molecule has 1 aromatic carbocycles. The second-order valence-electron chi connectivity index (χ2n) is 10.3. The van der Waals surface area contributed by atoms with Crippen LogP contribution in [-0.4, -0.2) is 80.2 Å². The first-order chi connectivity index (χ1) is 18.5. The number of carbonyl (C=O) groups is 1. The van der Waals surface area contributed by atoms with E-state index in [9.17, 15) is 9.90 Å². The van der Waals surface area contributed by atoms with Crippen molar-refractivity contribution in [2.75, 3.05) is 43.5 Å². The minimum Gasteiger partial charge on any atom is -0.497 e. The molecule has 11 nitrogen and oxygen atoms in total. The van der Waals surface area contributed by atoms with Crippen LogP contribution in [-0.2, 0) is 19.4 Å². The Morgan fingerprint density at radius 1 is 1.11 bits per heavy atom. The summed E-state index contributed by atoms with van der Waals surface area (Å²) in [6, 6.07) is 7.80. The minimum absolute atomic E-state index is 0.0445. The molecule has 3 aliphatic rings. The molecule has 38 heavy (non-hydrogen) atoms.